The molecule has 2 aromatic rings. The van der Waals surface area contributed by atoms with E-state index in [4.69, 9.17) is 0 Å². The van der Waals surface area contributed by atoms with Crippen molar-refractivity contribution in [3.05, 3.63) is 56.1 Å². The van der Waals surface area contributed by atoms with Crippen molar-refractivity contribution >= 4 is 23.3 Å². The fraction of sp³-hybridized carbons (Fsp3) is 0.312. The van der Waals surface area contributed by atoms with Gasteiger partial charge in [-0.05, 0) is 25.1 Å². The highest BCUT2D eigenvalue weighted by atomic mass is 32.1. The number of carbonyl (C=O) groups excluding carboxylic acids is 2. The Kier molecular flexibility index (Phi) is 4.29. The summed E-state index contributed by atoms with van der Waals surface area (Å²) in [5.41, 5.74) is 0.127. The number of amides is 3. The second-order valence-electron chi connectivity index (χ2n) is 5.47. The Labute approximate surface area is 137 Å². The van der Waals surface area contributed by atoms with Crippen LogP contribution in [0.1, 0.15) is 21.7 Å². The Morgan fingerprint density at radius 2 is 2.00 bits per heavy atom. The molecule has 0 aliphatic carbocycles. The maximum Gasteiger partial charge on any atom is 0.327 e. The lowest BCUT2D eigenvalue weighted by Crippen LogP contribution is -2.51. The van der Waals surface area contributed by atoms with Crippen LogP contribution in [0.25, 0.3) is 0 Å². The number of imide groups is 1. The van der Waals surface area contributed by atoms with E-state index in [1.165, 1.54) is 11.1 Å². The third-order valence-electron chi connectivity index (χ3n) is 3.77. The fourth-order valence-electron chi connectivity index (χ4n) is 2.55. The van der Waals surface area contributed by atoms with E-state index in [2.05, 4.69) is 4.98 Å². The van der Waals surface area contributed by atoms with E-state index in [-0.39, 0.29) is 30.5 Å². The molecule has 0 saturated carbocycles. The number of H-pyrrole nitrogens is 1. The molecule has 0 atom stereocenters. The standard InChI is InChI=1S/C16H17N3O3S/c1-11-4-5-13(23-11)10-18-8-6-14(20)19(16(18)22)9-12-3-2-7-17-15(12)21/h2-5,7H,6,8-10H2,1H3,(H,17,21). The molecule has 0 spiro atoms. The van der Waals surface area contributed by atoms with Crippen molar-refractivity contribution in [3.63, 3.8) is 0 Å². The summed E-state index contributed by atoms with van der Waals surface area (Å²) in [6.07, 6.45) is 1.80. The number of aromatic amines is 1. The van der Waals surface area contributed by atoms with Crippen LogP contribution in [0, 0.1) is 6.92 Å². The van der Waals surface area contributed by atoms with Crippen LogP contribution in [0.2, 0.25) is 0 Å². The third-order valence-corrected chi connectivity index (χ3v) is 4.75. The van der Waals surface area contributed by atoms with Crippen LogP contribution in [0.4, 0.5) is 4.79 Å². The monoisotopic (exact) mass is 331 g/mol. The highest BCUT2D eigenvalue weighted by molar-refractivity contribution is 7.11. The van der Waals surface area contributed by atoms with Crippen molar-refractivity contribution in [2.45, 2.75) is 26.4 Å². The van der Waals surface area contributed by atoms with Gasteiger partial charge in [0.05, 0.1) is 13.1 Å². The van der Waals surface area contributed by atoms with E-state index < -0.39 is 0 Å². The zero-order valence-corrected chi connectivity index (χ0v) is 13.6. The average molecular weight is 331 g/mol. The summed E-state index contributed by atoms with van der Waals surface area (Å²) in [4.78, 5) is 44.1. The number of nitrogens with one attached hydrogen (secondary N) is 1. The molecule has 23 heavy (non-hydrogen) atoms. The maximum atomic E-state index is 12.6. The Bertz CT molecular complexity index is 796. The van der Waals surface area contributed by atoms with Crippen LogP contribution < -0.4 is 5.56 Å². The van der Waals surface area contributed by atoms with Crippen molar-refractivity contribution < 1.29 is 9.59 Å². The lowest BCUT2D eigenvalue weighted by Gasteiger charge is -2.33. The Hall–Kier alpha value is -2.41. The molecule has 1 aliphatic rings. The first kappa shape index (κ1) is 15.5. The number of carbonyl (C=O) groups is 2. The number of hydrogen-bond acceptors (Lipinski definition) is 4. The van der Waals surface area contributed by atoms with E-state index in [9.17, 15) is 14.4 Å². The topological polar surface area (TPSA) is 73.5 Å². The SMILES string of the molecule is Cc1ccc(CN2CCC(=O)N(Cc3ccc[nH]c3=O)C2=O)s1. The van der Waals surface area contributed by atoms with Crippen LogP contribution in [-0.4, -0.2) is 33.3 Å². The highest BCUT2D eigenvalue weighted by Gasteiger charge is 2.32. The molecule has 1 N–H and O–H groups in total. The highest BCUT2D eigenvalue weighted by Crippen LogP contribution is 2.21. The number of thiophene rings is 1. The number of hydrogen-bond donors (Lipinski definition) is 1. The predicted molar refractivity (Wildman–Crippen MR) is 87.1 cm³/mol. The first-order valence-electron chi connectivity index (χ1n) is 7.36. The van der Waals surface area contributed by atoms with Crippen molar-refractivity contribution in [1.29, 1.82) is 0 Å². The number of pyridine rings is 1. The average Bonchev–Trinajstić information content (AvgIpc) is 2.93. The molecule has 6 nitrogen and oxygen atoms in total. The molecule has 3 amide bonds. The summed E-state index contributed by atoms with van der Waals surface area (Å²) in [5, 5.41) is 0. The van der Waals surface area contributed by atoms with Gasteiger partial charge in [-0.3, -0.25) is 14.5 Å². The van der Waals surface area contributed by atoms with Gasteiger partial charge in [0, 0.05) is 34.5 Å². The predicted octanol–water partition coefficient (Wildman–Crippen LogP) is 2.10. The zero-order valence-electron chi connectivity index (χ0n) is 12.7. The lowest BCUT2D eigenvalue weighted by molar-refractivity contribution is -0.131. The molecule has 0 bridgehead atoms. The van der Waals surface area contributed by atoms with Crippen molar-refractivity contribution in [2.75, 3.05) is 6.54 Å². The number of urea groups is 1. The normalized spacial score (nSPS) is 15.3. The fourth-order valence-corrected chi connectivity index (χ4v) is 3.46. The van der Waals surface area contributed by atoms with Gasteiger partial charge in [-0.25, -0.2) is 4.79 Å². The van der Waals surface area contributed by atoms with E-state index in [1.54, 1.807) is 28.4 Å². The van der Waals surface area contributed by atoms with Gasteiger partial charge in [-0.15, -0.1) is 11.3 Å². The van der Waals surface area contributed by atoms with Gasteiger partial charge >= 0.3 is 6.03 Å². The smallest absolute Gasteiger partial charge is 0.327 e. The van der Waals surface area contributed by atoms with E-state index >= 15 is 0 Å². The summed E-state index contributed by atoms with van der Waals surface area (Å²) in [7, 11) is 0. The van der Waals surface area contributed by atoms with E-state index in [0.29, 0.717) is 18.7 Å². The van der Waals surface area contributed by atoms with Crippen LogP contribution in [0.5, 0.6) is 0 Å². The molecular weight excluding hydrogens is 314 g/mol. The lowest BCUT2D eigenvalue weighted by atomic mass is 10.2. The van der Waals surface area contributed by atoms with Crippen LogP contribution in [0.3, 0.4) is 0 Å². The molecule has 3 heterocycles. The summed E-state index contributed by atoms with van der Waals surface area (Å²) in [6, 6.07) is 6.98. The molecule has 0 radical (unpaired) electrons. The Balaban J connectivity index is 1.76. The van der Waals surface area contributed by atoms with Gasteiger partial charge in [0.2, 0.25) is 5.91 Å². The molecule has 1 saturated heterocycles. The maximum absolute atomic E-state index is 12.6. The van der Waals surface area contributed by atoms with Crippen molar-refractivity contribution in [3.8, 4) is 0 Å². The number of aryl methyl sites for hydroxylation is 1. The minimum Gasteiger partial charge on any atom is -0.329 e. The first-order valence-corrected chi connectivity index (χ1v) is 8.17. The molecule has 3 rings (SSSR count). The van der Waals surface area contributed by atoms with E-state index in [0.717, 1.165) is 9.78 Å². The molecule has 120 valence electrons. The molecular formula is C16H17N3O3S. The second kappa shape index (κ2) is 6.37. The minimum atomic E-state index is -0.337. The van der Waals surface area contributed by atoms with Gasteiger partial charge in [0.1, 0.15) is 0 Å². The summed E-state index contributed by atoms with van der Waals surface area (Å²) in [5.74, 6) is -0.239. The van der Waals surface area contributed by atoms with Crippen LogP contribution >= 0.6 is 11.3 Å². The van der Waals surface area contributed by atoms with E-state index in [1.807, 2.05) is 19.1 Å². The Morgan fingerprint density at radius 3 is 2.70 bits per heavy atom. The second-order valence-corrected chi connectivity index (χ2v) is 6.84. The van der Waals surface area contributed by atoms with Crippen molar-refractivity contribution in [1.82, 2.24) is 14.8 Å². The molecule has 7 heteroatoms. The largest absolute Gasteiger partial charge is 0.329 e. The number of nitrogens with zero attached hydrogens (tertiary/aromatic N) is 2. The Morgan fingerprint density at radius 1 is 1.17 bits per heavy atom. The molecule has 0 aromatic carbocycles. The molecule has 1 aliphatic heterocycles. The summed E-state index contributed by atoms with van der Waals surface area (Å²) < 4.78 is 0. The first-order chi connectivity index (χ1) is 11.0. The van der Waals surface area contributed by atoms with Gasteiger partial charge < -0.3 is 9.88 Å². The summed E-state index contributed by atoms with van der Waals surface area (Å²) in [6.45, 7) is 2.93. The minimum absolute atomic E-state index is 0.00775. The van der Waals surface area contributed by atoms with Crippen molar-refractivity contribution in [2.24, 2.45) is 0 Å². The molecule has 2 aromatic heterocycles. The third kappa shape index (κ3) is 3.34. The summed E-state index contributed by atoms with van der Waals surface area (Å²) >= 11 is 1.64. The number of rotatable bonds is 4. The number of aromatic nitrogens is 1. The van der Waals surface area contributed by atoms with Crippen LogP contribution in [0.15, 0.2) is 35.3 Å². The zero-order chi connectivity index (χ0) is 16.4. The van der Waals surface area contributed by atoms with Crippen LogP contribution in [-0.2, 0) is 17.9 Å². The van der Waals surface area contributed by atoms with Gasteiger partial charge in [0.15, 0.2) is 0 Å². The molecule has 1 fully saturated rings. The molecule has 0 unspecified atom stereocenters. The van der Waals surface area contributed by atoms with Gasteiger partial charge in [-0.1, -0.05) is 6.07 Å². The quantitative estimate of drug-likeness (QED) is 0.932. The van der Waals surface area contributed by atoms with Gasteiger partial charge in [-0.2, -0.15) is 0 Å². The van der Waals surface area contributed by atoms with Gasteiger partial charge in [0.25, 0.3) is 5.56 Å².